The molecule has 0 N–H and O–H groups in total. The Morgan fingerprint density at radius 2 is 2.15 bits per heavy atom. The van der Waals surface area contributed by atoms with Crippen molar-refractivity contribution < 1.29 is 4.79 Å². The average Bonchev–Trinajstić information content (AvgIpc) is 2.32. The number of anilines is 1. The van der Waals surface area contributed by atoms with Gasteiger partial charge in [-0.1, -0.05) is 22.5 Å². The van der Waals surface area contributed by atoms with E-state index in [1.165, 1.54) is 0 Å². The Hall–Kier alpha value is -1.09. The highest BCUT2D eigenvalue weighted by atomic mass is 79.9. The van der Waals surface area contributed by atoms with Crippen LogP contribution in [0.4, 0.5) is 5.69 Å². The van der Waals surface area contributed by atoms with Crippen molar-refractivity contribution in [2.24, 2.45) is 0 Å². The van der Waals surface area contributed by atoms with E-state index in [2.05, 4.69) is 22.5 Å². The Morgan fingerprint density at radius 1 is 1.46 bits per heavy atom. The predicted molar refractivity (Wildman–Crippen MR) is 56.6 cm³/mol. The number of benzene rings is 1. The van der Waals surface area contributed by atoms with E-state index in [9.17, 15) is 4.79 Å². The lowest BCUT2D eigenvalue weighted by Gasteiger charge is -2.08. The van der Waals surface area contributed by atoms with E-state index in [0.29, 0.717) is 5.57 Å². The summed E-state index contributed by atoms with van der Waals surface area (Å²) in [5.41, 5.74) is 2.42. The Kier molecular flexibility index (Phi) is 1.77. The molecule has 3 heteroatoms. The van der Waals surface area contributed by atoms with Crippen LogP contribution in [0.25, 0.3) is 5.57 Å². The molecule has 1 aliphatic rings. The van der Waals surface area contributed by atoms with Crippen molar-refractivity contribution in [2.45, 2.75) is 0 Å². The molecule has 2 nitrogen and oxygen atoms in total. The Balaban J connectivity index is 2.67. The van der Waals surface area contributed by atoms with Gasteiger partial charge < -0.3 is 4.90 Å². The second kappa shape index (κ2) is 2.70. The minimum absolute atomic E-state index is 0.0203. The van der Waals surface area contributed by atoms with Crippen molar-refractivity contribution in [3.05, 3.63) is 34.8 Å². The number of halogens is 1. The largest absolute Gasteiger partial charge is 0.311 e. The van der Waals surface area contributed by atoms with Gasteiger partial charge in [-0.05, 0) is 18.2 Å². The van der Waals surface area contributed by atoms with Crippen molar-refractivity contribution in [3.63, 3.8) is 0 Å². The number of carbonyl (C=O) groups excluding carboxylic acids is 1. The van der Waals surface area contributed by atoms with Crippen LogP contribution in [0, 0.1) is 0 Å². The first kappa shape index (κ1) is 8.51. The third-order valence-corrected chi connectivity index (χ3v) is 2.70. The van der Waals surface area contributed by atoms with Crippen LogP contribution in [0.3, 0.4) is 0 Å². The van der Waals surface area contributed by atoms with Gasteiger partial charge in [0.2, 0.25) is 0 Å². The molecule has 2 rings (SSSR count). The van der Waals surface area contributed by atoms with Gasteiger partial charge in [0.25, 0.3) is 5.91 Å². The van der Waals surface area contributed by atoms with Crippen molar-refractivity contribution in [1.82, 2.24) is 0 Å². The molecule has 0 saturated heterocycles. The lowest BCUT2D eigenvalue weighted by atomic mass is 10.1. The van der Waals surface area contributed by atoms with Gasteiger partial charge in [0, 0.05) is 22.7 Å². The second-order valence-electron chi connectivity index (χ2n) is 3.00. The van der Waals surface area contributed by atoms with Gasteiger partial charge in [-0.15, -0.1) is 0 Å². The zero-order valence-corrected chi connectivity index (χ0v) is 8.76. The second-order valence-corrected chi connectivity index (χ2v) is 3.92. The summed E-state index contributed by atoms with van der Waals surface area (Å²) < 4.78 is 0.968. The lowest BCUT2D eigenvalue weighted by Crippen LogP contribution is -2.19. The van der Waals surface area contributed by atoms with Crippen molar-refractivity contribution in [3.8, 4) is 0 Å². The number of carbonyl (C=O) groups is 1. The number of fused-ring (bicyclic) bond motifs is 1. The highest BCUT2D eigenvalue weighted by molar-refractivity contribution is 9.10. The molecule has 1 aromatic carbocycles. The Labute approximate surface area is 85.0 Å². The third kappa shape index (κ3) is 1.11. The summed E-state index contributed by atoms with van der Waals surface area (Å²) in [5.74, 6) is -0.0203. The quantitative estimate of drug-likeness (QED) is 0.635. The maximum Gasteiger partial charge on any atom is 0.258 e. The lowest BCUT2D eigenvalue weighted by molar-refractivity contribution is -0.112. The molecule has 0 radical (unpaired) electrons. The summed E-state index contributed by atoms with van der Waals surface area (Å²) in [6.07, 6.45) is 0. The molecule has 0 fully saturated rings. The van der Waals surface area contributed by atoms with Gasteiger partial charge >= 0.3 is 0 Å². The number of hydrogen-bond acceptors (Lipinski definition) is 1. The maximum absolute atomic E-state index is 11.5. The van der Waals surface area contributed by atoms with Crippen molar-refractivity contribution in [1.29, 1.82) is 0 Å². The summed E-state index contributed by atoms with van der Waals surface area (Å²) in [4.78, 5) is 13.1. The SMILES string of the molecule is C=C1C(=O)N(C)c2ccc(Br)cc21. The summed E-state index contributed by atoms with van der Waals surface area (Å²) in [5, 5.41) is 0. The molecule has 0 unspecified atom stereocenters. The maximum atomic E-state index is 11.5. The molecule has 1 amide bonds. The van der Waals surface area contributed by atoms with E-state index in [4.69, 9.17) is 0 Å². The number of likely N-dealkylation sites (N-methyl/N-ethyl adjacent to an activating group) is 1. The van der Waals surface area contributed by atoms with Crippen molar-refractivity contribution >= 4 is 33.1 Å². The van der Waals surface area contributed by atoms with Gasteiger partial charge in [-0.2, -0.15) is 0 Å². The van der Waals surface area contributed by atoms with E-state index >= 15 is 0 Å². The van der Waals surface area contributed by atoms with Crippen LogP contribution in [0.1, 0.15) is 5.56 Å². The number of rotatable bonds is 0. The fourth-order valence-corrected chi connectivity index (χ4v) is 1.83. The normalized spacial score (nSPS) is 15.1. The van der Waals surface area contributed by atoms with E-state index in [1.807, 2.05) is 18.2 Å². The first-order chi connectivity index (χ1) is 6.11. The van der Waals surface area contributed by atoms with E-state index in [1.54, 1.807) is 11.9 Å². The fraction of sp³-hybridized carbons (Fsp3) is 0.100. The molecular weight excluding hydrogens is 230 g/mol. The van der Waals surface area contributed by atoms with Crippen LogP contribution in [0.2, 0.25) is 0 Å². The standard InChI is InChI=1S/C10H8BrNO/c1-6-8-5-7(11)3-4-9(8)12(2)10(6)13/h3-5H,1H2,2H3. The zero-order valence-electron chi connectivity index (χ0n) is 7.17. The van der Waals surface area contributed by atoms with Gasteiger partial charge in [0.15, 0.2) is 0 Å². The average molecular weight is 238 g/mol. The minimum atomic E-state index is -0.0203. The zero-order chi connectivity index (χ0) is 9.59. The van der Waals surface area contributed by atoms with Crippen LogP contribution in [0.15, 0.2) is 29.3 Å². The van der Waals surface area contributed by atoms with Crippen LogP contribution in [-0.2, 0) is 4.79 Å². The van der Waals surface area contributed by atoms with Gasteiger partial charge in [0.1, 0.15) is 0 Å². The molecule has 1 aliphatic heterocycles. The first-order valence-electron chi connectivity index (χ1n) is 3.88. The monoisotopic (exact) mass is 237 g/mol. The van der Waals surface area contributed by atoms with E-state index in [0.717, 1.165) is 15.7 Å². The molecule has 0 spiro atoms. The van der Waals surface area contributed by atoms with E-state index in [-0.39, 0.29) is 5.91 Å². The molecule has 1 aromatic rings. The molecule has 0 aromatic heterocycles. The number of amides is 1. The summed E-state index contributed by atoms with van der Waals surface area (Å²) >= 11 is 3.36. The smallest absolute Gasteiger partial charge is 0.258 e. The molecule has 1 heterocycles. The predicted octanol–water partition coefficient (Wildman–Crippen LogP) is 2.44. The molecule has 66 valence electrons. The molecular formula is C10H8BrNO. The summed E-state index contributed by atoms with van der Waals surface area (Å²) in [6.45, 7) is 3.76. The van der Waals surface area contributed by atoms with Gasteiger partial charge in [-0.25, -0.2) is 0 Å². The minimum Gasteiger partial charge on any atom is -0.311 e. The van der Waals surface area contributed by atoms with Gasteiger partial charge in [-0.3, -0.25) is 4.79 Å². The molecule has 0 aliphatic carbocycles. The molecule has 0 saturated carbocycles. The van der Waals surface area contributed by atoms with E-state index < -0.39 is 0 Å². The van der Waals surface area contributed by atoms with Crippen LogP contribution in [0.5, 0.6) is 0 Å². The number of hydrogen-bond donors (Lipinski definition) is 0. The van der Waals surface area contributed by atoms with Gasteiger partial charge in [0.05, 0.1) is 5.69 Å². The Bertz CT molecular complexity index is 411. The van der Waals surface area contributed by atoms with Crippen LogP contribution in [-0.4, -0.2) is 13.0 Å². The van der Waals surface area contributed by atoms with Crippen molar-refractivity contribution in [2.75, 3.05) is 11.9 Å². The summed E-state index contributed by atoms with van der Waals surface area (Å²) in [6, 6.07) is 5.75. The highest BCUT2D eigenvalue weighted by Crippen LogP contribution is 2.36. The topological polar surface area (TPSA) is 20.3 Å². The fourth-order valence-electron chi connectivity index (χ4n) is 1.47. The third-order valence-electron chi connectivity index (χ3n) is 2.21. The summed E-state index contributed by atoms with van der Waals surface area (Å²) in [7, 11) is 1.76. The highest BCUT2D eigenvalue weighted by Gasteiger charge is 2.27. The first-order valence-corrected chi connectivity index (χ1v) is 4.67. The van der Waals surface area contributed by atoms with Crippen LogP contribution < -0.4 is 4.90 Å². The molecule has 13 heavy (non-hydrogen) atoms. The van der Waals surface area contributed by atoms with Crippen LogP contribution >= 0.6 is 15.9 Å². The number of nitrogens with zero attached hydrogens (tertiary/aromatic N) is 1. The molecule has 0 bridgehead atoms. The Morgan fingerprint density at radius 3 is 2.85 bits per heavy atom. The molecule has 0 atom stereocenters.